The average molecular weight is 372 g/mol. The first-order chi connectivity index (χ1) is 11.5. The number of hydrogen-bond donors (Lipinski definition) is 4. The van der Waals surface area contributed by atoms with Crippen molar-refractivity contribution in [3.05, 3.63) is 4.91 Å². The highest BCUT2D eigenvalue weighted by Gasteiger charge is 2.47. The summed E-state index contributed by atoms with van der Waals surface area (Å²) in [4.78, 5) is 22.2. The van der Waals surface area contributed by atoms with Crippen molar-refractivity contribution in [3.63, 3.8) is 0 Å². The van der Waals surface area contributed by atoms with Gasteiger partial charge in [-0.25, -0.2) is 4.79 Å². The number of ether oxygens (including phenoxy) is 3. The number of rotatable bonds is 10. The minimum absolute atomic E-state index is 0.0338. The summed E-state index contributed by atoms with van der Waals surface area (Å²) in [6.45, 7) is 0.490. The Kier molecular flexibility index (Phi) is 9.36. The van der Waals surface area contributed by atoms with Crippen LogP contribution in [-0.2, 0) is 14.2 Å². The maximum absolute atomic E-state index is 11.7. The maximum Gasteiger partial charge on any atom is 0.342 e. The molecular weight excluding hydrogens is 350 g/mol. The fourth-order valence-electron chi connectivity index (χ4n) is 2.02. The summed E-state index contributed by atoms with van der Waals surface area (Å²) in [7, 11) is 1.53. The Morgan fingerprint density at radius 3 is 2.71 bits per heavy atom. The number of hydrogen-bond acceptors (Lipinski definition) is 9. The average Bonchev–Trinajstić information content (AvgIpc) is 2.84. The van der Waals surface area contributed by atoms with Gasteiger partial charge in [0.1, 0.15) is 18.3 Å². The molecule has 0 aromatic carbocycles. The quantitative estimate of drug-likeness (QED) is 0.122. The molecule has 1 saturated heterocycles. The third-order valence-electron chi connectivity index (χ3n) is 3.24. The monoisotopic (exact) mass is 371 g/mol. The van der Waals surface area contributed by atoms with Gasteiger partial charge in [-0.05, 0) is 6.42 Å². The van der Waals surface area contributed by atoms with Crippen molar-refractivity contribution < 1.29 is 34.3 Å². The number of carbonyl (C=O) groups is 1. The van der Waals surface area contributed by atoms with Gasteiger partial charge < -0.3 is 34.8 Å². The molecule has 12 heteroatoms. The van der Waals surface area contributed by atoms with Crippen LogP contribution in [0, 0.1) is 4.91 Å². The number of urea groups is 1. The molecule has 2 amide bonds. The van der Waals surface area contributed by atoms with Crippen LogP contribution in [0.1, 0.15) is 6.42 Å². The van der Waals surface area contributed by atoms with Crippen LogP contribution in [0.3, 0.4) is 0 Å². The van der Waals surface area contributed by atoms with Crippen molar-refractivity contribution in [1.82, 2.24) is 10.3 Å². The lowest BCUT2D eigenvalue weighted by Crippen LogP contribution is -2.51. The number of aliphatic hydroxyl groups is 3. The second kappa shape index (κ2) is 10.7. The van der Waals surface area contributed by atoms with Crippen LogP contribution >= 0.6 is 11.6 Å². The number of nitrogens with one attached hydrogen (secondary N) is 1. The zero-order valence-corrected chi connectivity index (χ0v) is 13.8. The van der Waals surface area contributed by atoms with E-state index in [9.17, 15) is 25.0 Å². The van der Waals surface area contributed by atoms with Gasteiger partial charge in [0.2, 0.25) is 0 Å². The molecule has 0 aromatic heterocycles. The topological polar surface area (TPSA) is 150 Å². The summed E-state index contributed by atoms with van der Waals surface area (Å²) in [5, 5.41) is 34.6. The van der Waals surface area contributed by atoms with Gasteiger partial charge >= 0.3 is 6.03 Å². The molecule has 4 N–H and O–H groups in total. The third kappa shape index (κ3) is 5.77. The number of methoxy groups -OCH3 is 1. The van der Waals surface area contributed by atoms with Crippen molar-refractivity contribution in [2.75, 3.05) is 32.7 Å². The Balaban J connectivity index is 2.53. The maximum atomic E-state index is 11.7. The first kappa shape index (κ1) is 21.0. The number of nitrogens with zero attached hydrogens (tertiary/aromatic N) is 2. The van der Waals surface area contributed by atoms with E-state index < -0.39 is 36.9 Å². The van der Waals surface area contributed by atoms with Crippen LogP contribution in [0.4, 0.5) is 4.79 Å². The summed E-state index contributed by atoms with van der Waals surface area (Å²) in [6.07, 6.45) is -6.58. The molecule has 1 heterocycles. The normalized spacial score (nSPS) is 27.7. The Bertz CT molecular complexity index is 404. The van der Waals surface area contributed by atoms with Gasteiger partial charge in [-0.1, -0.05) is 0 Å². The molecule has 1 fully saturated rings. The van der Waals surface area contributed by atoms with Crippen LogP contribution in [0.2, 0.25) is 0 Å². The zero-order chi connectivity index (χ0) is 18.1. The summed E-state index contributed by atoms with van der Waals surface area (Å²) in [5.74, 6) is -0.0338. The molecule has 140 valence electrons. The van der Waals surface area contributed by atoms with E-state index in [1.54, 1.807) is 0 Å². The summed E-state index contributed by atoms with van der Waals surface area (Å²) < 4.78 is 15.3. The van der Waals surface area contributed by atoms with E-state index in [4.69, 9.17) is 25.8 Å². The highest BCUT2D eigenvalue weighted by atomic mass is 35.5. The van der Waals surface area contributed by atoms with Crippen LogP contribution < -0.4 is 5.32 Å². The van der Waals surface area contributed by atoms with Crippen molar-refractivity contribution in [2.24, 2.45) is 5.29 Å². The second-order valence-corrected chi connectivity index (χ2v) is 5.33. The third-order valence-corrected chi connectivity index (χ3v) is 3.41. The SMILES string of the molecule is COCCCO[C@@H]1O[C@H](C(O)NC(=O)N(CCCl)N=O)[C@@H](O)[C@H]1O. The van der Waals surface area contributed by atoms with Gasteiger partial charge in [0.25, 0.3) is 0 Å². The van der Waals surface area contributed by atoms with E-state index in [1.165, 1.54) is 7.11 Å². The second-order valence-electron chi connectivity index (χ2n) is 4.96. The number of carbonyl (C=O) groups excluding carboxylic acids is 1. The van der Waals surface area contributed by atoms with Crippen molar-refractivity contribution in [1.29, 1.82) is 0 Å². The molecule has 0 radical (unpaired) electrons. The van der Waals surface area contributed by atoms with Crippen LogP contribution in [0.5, 0.6) is 0 Å². The zero-order valence-electron chi connectivity index (χ0n) is 13.1. The lowest BCUT2D eigenvalue weighted by atomic mass is 10.1. The summed E-state index contributed by atoms with van der Waals surface area (Å²) in [6, 6.07) is -1.02. The largest absolute Gasteiger partial charge is 0.387 e. The lowest BCUT2D eigenvalue weighted by Gasteiger charge is -2.23. The molecule has 24 heavy (non-hydrogen) atoms. The van der Waals surface area contributed by atoms with Crippen molar-refractivity contribution >= 4 is 17.6 Å². The highest BCUT2D eigenvalue weighted by molar-refractivity contribution is 6.18. The smallest absolute Gasteiger partial charge is 0.342 e. The molecule has 5 atom stereocenters. The van der Waals surface area contributed by atoms with E-state index >= 15 is 0 Å². The first-order valence-electron chi connectivity index (χ1n) is 7.23. The Labute approximate surface area is 143 Å². The lowest BCUT2D eigenvalue weighted by molar-refractivity contribution is -0.180. The summed E-state index contributed by atoms with van der Waals surface area (Å²) in [5.41, 5.74) is 0. The minimum Gasteiger partial charge on any atom is -0.387 e. The number of nitroso groups, excluding NO2 is 1. The summed E-state index contributed by atoms with van der Waals surface area (Å²) >= 11 is 5.41. The molecule has 1 unspecified atom stereocenters. The molecule has 1 rings (SSSR count). The molecule has 0 saturated carbocycles. The predicted octanol–water partition coefficient (Wildman–Crippen LogP) is -1.26. The Morgan fingerprint density at radius 1 is 1.42 bits per heavy atom. The standard InChI is InChI=1S/C12H22ClN3O8/c1-22-5-2-6-23-11-8(18)7(17)9(24-11)10(19)14-12(20)16(15-21)4-3-13/h7-11,17-19H,2-6H2,1H3,(H,14,20)/t7-,8+,9-,10?,11+/m0/s1. The van der Waals surface area contributed by atoms with Gasteiger partial charge in [-0.2, -0.15) is 5.01 Å². The van der Waals surface area contributed by atoms with Gasteiger partial charge in [-0.15, -0.1) is 16.5 Å². The fraction of sp³-hybridized carbons (Fsp3) is 0.917. The Hall–Kier alpha value is -1.08. The molecule has 1 aliphatic rings. The van der Waals surface area contributed by atoms with Crippen LogP contribution in [0.15, 0.2) is 5.29 Å². The highest BCUT2D eigenvalue weighted by Crippen LogP contribution is 2.24. The van der Waals surface area contributed by atoms with E-state index in [2.05, 4.69) is 5.29 Å². The number of amides is 2. The number of alkyl halides is 1. The van der Waals surface area contributed by atoms with Gasteiger partial charge in [0, 0.05) is 19.6 Å². The first-order valence-corrected chi connectivity index (χ1v) is 7.77. The molecule has 0 bridgehead atoms. The minimum atomic E-state index is -1.70. The molecule has 0 aliphatic carbocycles. The fourth-order valence-corrected chi connectivity index (χ4v) is 2.18. The van der Waals surface area contributed by atoms with Crippen LogP contribution in [0.25, 0.3) is 0 Å². The van der Waals surface area contributed by atoms with E-state index in [1.807, 2.05) is 5.32 Å². The molecular formula is C12H22ClN3O8. The molecule has 11 nitrogen and oxygen atoms in total. The Morgan fingerprint density at radius 2 is 2.12 bits per heavy atom. The van der Waals surface area contributed by atoms with Crippen molar-refractivity contribution in [2.45, 2.75) is 37.3 Å². The van der Waals surface area contributed by atoms with Crippen LogP contribution in [-0.4, -0.2) is 89.9 Å². The molecule has 0 aromatic rings. The number of aliphatic hydroxyl groups excluding tert-OH is 3. The van der Waals surface area contributed by atoms with E-state index in [0.717, 1.165) is 0 Å². The molecule has 1 aliphatic heterocycles. The van der Waals surface area contributed by atoms with Crippen molar-refractivity contribution in [3.8, 4) is 0 Å². The number of halogens is 1. The van der Waals surface area contributed by atoms with Gasteiger partial charge in [-0.3, -0.25) is 0 Å². The van der Waals surface area contributed by atoms with Gasteiger partial charge in [0.05, 0.1) is 18.4 Å². The van der Waals surface area contributed by atoms with Gasteiger partial charge in [0.15, 0.2) is 12.5 Å². The van der Waals surface area contributed by atoms with E-state index in [-0.39, 0.29) is 19.0 Å². The predicted molar refractivity (Wildman–Crippen MR) is 80.9 cm³/mol. The van der Waals surface area contributed by atoms with E-state index in [0.29, 0.717) is 18.0 Å². The molecule has 0 spiro atoms.